The number of rotatable bonds is 2. The number of carbonyl (C=O) groups is 1. The second kappa shape index (κ2) is 4.98. The fourth-order valence-electron chi connectivity index (χ4n) is 2.83. The van der Waals surface area contributed by atoms with Crippen molar-refractivity contribution in [2.45, 2.75) is 6.61 Å². The summed E-state index contributed by atoms with van der Waals surface area (Å²) in [5.74, 6) is 0.396. The lowest BCUT2D eigenvalue weighted by Crippen LogP contribution is -2.17. The third kappa shape index (κ3) is 2.09. The van der Waals surface area contributed by atoms with Crippen LogP contribution in [0, 0.1) is 0 Å². The zero-order valence-corrected chi connectivity index (χ0v) is 12.4. The molecule has 3 aromatic rings. The van der Waals surface area contributed by atoms with Crippen molar-refractivity contribution in [3.05, 3.63) is 70.1 Å². The second-order valence-corrected chi connectivity index (χ2v) is 5.36. The Morgan fingerprint density at radius 2 is 1.96 bits per heavy atom. The van der Waals surface area contributed by atoms with Gasteiger partial charge in [-0.25, -0.2) is 4.79 Å². The number of benzene rings is 2. The van der Waals surface area contributed by atoms with E-state index in [1.54, 1.807) is 42.1 Å². The molecule has 23 heavy (non-hydrogen) atoms. The van der Waals surface area contributed by atoms with Crippen LogP contribution in [0.2, 0.25) is 0 Å². The minimum Gasteiger partial charge on any atom is -0.497 e. The first-order valence-electron chi connectivity index (χ1n) is 7.17. The van der Waals surface area contributed by atoms with Gasteiger partial charge in [0.2, 0.25) is 0 Å². The molecular formula is C18H13NO4. The number of hydrogen-bond acceptors (Lipinski definition) is 4. The highest BCUT2D eigenvalue weighted by Crippen LogP contribution is 2.23. The Morgan fingerprint density at radius 3 is 2.78 bits per heavy atom. The number of pyridine rings is 1. The smallest absolute Gasteiger partial charge is 0.338 e. The van der Waals surface area contributed by atoms with Crippen LogP contribution in [0.3, 0.4) is 0 Å². The Balaban J connectivity index is 1.88. The van der Waals surface area contributed by atoms with Gasteiger partial charge in [0.25, 0.3) is 5.56 Å². The highest BCUT2D eigenvalue weighted by Gasteiger charge is 2.21. The molecule has 0 saturated heterocycles. The largest absolute Gasteiger partial charge is 0.497 e. The van der Waals surface area contributed by atoms with Gasteiger partial charge in [0.05, 0.1) is 12.7 Å². The van der Waals surface area contributed by atoms with Crippen molar-refractivity contribution >= 4 is 16.7 Å². The molecule has 0 N–H and O–H groups in total. The minimum absolute atomic E-state index is 0.115. The first-order valence-corrected chi connectivity index (χ1v) is 7.17. The maximum absolute atomic E-state index is 12.7. The van der Waals surface area contributed by atoms with Crippen molar-refractivity contribution in [2.75, 3.05) is 7.11 Å². The number of aromatic nitrogens is 1. The molecule has 0 saturated carbocycles. The van der Waals surface area contributed by atoms with Crippen LogP contribution in [0.25, 0.3) is 16.5 Å². The van der Waals surface area contributed by atoms with Crippen LogP contribution in [0.5, 0.6) is 5.75 Å². The number of esters is 1. The number of methoxy groups -OCH3 is 1. The summed E-state index contributed by atoms with van der Waals surface area (Å²) in [7, 11) is 1.59. The lowest BCUT2D eigenvalue weighted by atomic mass is 10.1. The number of nitrogens with zero attached hydrogens (tertiary/aromatic N) is 1. The molecule has 5 nitrogen and oxygen atoms in total. The van der Waals surface area contributed by atoms with Gasteiger partial charge in [0.15, 0.2) is 0 Å². The normalized spacial score (nSPS) is 13.0. The van der Waals surface area contributed by atoms with E-state index >= 15 is 0 Å². The van der Waals surface area contributed by atoms with Crippen LogP contribution >= 0.6 is 0 Å². The summed E-state index contributed by atoms with van der Waals surface area (Å²) >= 11 is 0. The molecule has 0 radical (unpaired) electrons. The zero-order valence-electron chi connectivity index (χ0n) is 12.4. The van der Waals surface area contributed by atoms with Gasteiger partial charge in [-0.1, -0.05) is 0 Å². The van der Waals surface area contributed by atoms with Gasteiger partial charge < -0.3 is 9.47 Å². The van der Waals surface area contributed by atoms with E-state index in [2.05, 4.69) is 0 Å². The van der Waals surface area contributed by atoms with Crippen LogP contribution in [0.15, 0.2) is 53.5 Å². The maximum atomic E-state index is 12.7. The van der Waals surface area contributed by atoms with Crippen LogP contribution in [0.1, 0.15) is 15.9 Å². The fourth-order valence-corrected chi connectivity index (χ4v) is 2.83. The topological polar surface area (TPSA) is 57.5 Å². The van der Waals surface area contributed by atoms with Crippen LogP contribution in [-0.2, 0) is 11.3 Å². The summed E-state index contributed by atoms with van der Waals surface area (Å²) in [6, 6.07) is 12.5. The Hall–Kier alpha value is -3.08. The summed E-state index contributed by atoms with van der Waals surface area (Å²) < 4.78 is 11.8. The van der Waals surface area contributed by atoms with Gasteiger partial charge in [-0.15, -0.1) is 0 Å². The Morgan fingerprint density at radius 1 is 1.09 bits per heavy atom. The first kappa shape index (κ1) is 13.6. The molecular weight excluding hydrogens is 294 g/mol. The van der Waals surface area contributed by atoms with Crippen molar-refractivity contribution in [3.63, 3.8) is 0 Å². The SMILES string of the molecule is COc1ccc2c(=O)n(-c3ccc4c(c3)COC4=O)ccc2c1. The molecule has 1 aliphatic heterocycles. The van der Waals surface area contributed by atoms with Gasteiger partial charge in [-0.2, -0.15) is 0 Å². The van der Waals surface area contributed by atoms with Gasteiger partial charge >= 0.3 is 5.97 Å². The van der Waals surface area contributed by atoms with E-state index in [0.717, 1.165) is 10.9 Å². The average Bonchev–Trinajstić information content (AvgIpc) is 2.95. The van der Waals surface area contributed by atoms with E-state index < -0.39 is 0 Å². The third-order valence-electron chi connectivity index (χ3n) is 4.06. The Kier molecular flexibility index (Phi) is 2.94. The van der Waals surface area contributed by atoms with Crippen LogP contribution < -0.4 is 10.3 Å². The summed E-state index contributed by atoms with van der Waals surface area (Å²) in [4.78, 5) is 24.2. The molecule has 114 valence electrons. The Bertz CT molecular complexity index is 1000. The van der Waals surface area contributed by atoms with Gasteiger partial charge in [0, 0.05) is 22.8 Å². The zero-order chi connectivity index (χ0) is 16.0. The van der Waals surface area contributed by atoms with Crippen molar-refractivity contribution in [3.8, 4) is 11.4 Å². The molecule has 0 spiro atoms. The van der Waals surface area contributed by atoms with Gasteiger partial charge in [-0.3, -0.25) is 9.36 Å². The molecule has 2 aromatic carbocycles. The second-order valence-electron chi connectivity index (χ2n) is 5.36. The van der Waals surface area contributed by atoms with E-state index in [-0.39, 0.29) is 18.1 Å². The lowest BCUT2D eigenvalue weighted by Gasteiger charge is -2.09. The van der Waals surface area contributed by atoms with Gasteiger partial charge in [0.1, 0.15) is 12.4 Å². The number of carbonyl (C=O) groups excluding carboxylic acids is 1. The molecule has 4 rings (SSSR count). The minimum atomic E-state index is -0.315. The standard InChI is InChI=1S/C18H13NO4/c1-22-14-3-5-15-11(9-14)6-7-19(17(15)20)13-2-4-16-12(8-13)10-23-18(16)21/h2-9H,10H2,1H3. The first-order chi connectivity index (χ1) is 11.2. The molecule has 5 heteroatoms. The van der Waals surface area contributed by atoms with Crippen LogP contribution in [-0.4, -0.2) is 17.6 Å². The molecule has 0 aliphatic carbocycles. The van der Waals surface area contributed by atoms with Crippen molar-refractivity contribution in [1.82, 2.24) is 4.57 Å². The number of fused-ring (bicyclic) bond motifs is 2. The molecule has 0 bridgehead atoms. The molecule has 0 unspecified atom stereocenters. The van der Waals surface area contributed by atoms with E-state index in [4.69, 9.17) is 9.47 Å². The van der Waals surface area contributed by atoms with E-state index in [1.807, 2.05) is 18.2 Å². The summed E-state index contributed by atoms with van der Waals surface area (Å²) in [5, 5.41) is 1.44. The van der Waals surface area contributed by atoms with Gasteiger partial charge in [-0.05, 0) is 47.9 Å². The third-order valence-corrected chi connectivity index (χ3v) is 4.06. The molecule has 1 aromatic heterocycles. The fraction of sp³-hybridized carbons (Fsp3) is 0.111. The van der Waals surface area contributed by atoms with Crippen molar-refractivity contribution < 1.29 is 14.3 Å². The predicted octanol–water partition coefficient (Wildman–Crippen LogP) is 2.67. The number of cyclic esters (lactones) is 1. The monoisotopic (exact) mass is 307 g/mol. The predicted molar refractivity (Wildman–Crippen MR) is 85.2 cm³/mol. The summed E-state index contributed by atoms with van der Waals surface area (Å²) in [6.07, 6.45) is 1.73. The summed E-state index contributed by atoms with van der Waals surface area (Å²) in [5.41, 5.74) is 1.96. The molecule has 2 heterocycles. The molecule has 1 aliphatic rings. The van der Waals surface area contributed by atoms with Crippen molar-refractivity contribution in [1.29, 1.82) is 0 Å². The molecule has 0 fully saturated rings. The lowest BCUT2D eigenvalue weighted by molar-refractivity contribution is 0.0535. The Labute approximate surface area is 131 Å². The number of hydrogen-bond donors (Lipinski definition) is 0. The highest BCUT2D eigenvalue weighted by molar-refractivity contribution is 5.93. The average molecular weight is 307 g/mol. The number of ether oxygens (including phenoxy) is 2. The van der Waals surface area contributed by atoms with E-state index in [0.29, 0.717) is 22.4 Å². The summed E-state index contributed by atoms with van der Waals surface area (Å²) in [6.45, 7) is 0.252. The molecule has 0 amide bonds. The van der Waals surface area contributed by atoms with Crippen LogP contribution in [0.4, 0.5) is 0 Å². The quantitative estimate of drug-likeness (QED) is 0.683. The molecule has 0 atom stereocenters. The van der Waals surface area contributed by atoms with E-state index in [1.165, 1.54) is 0 Å². The van der Waals surface area contributed by atoms with E-state index in [9.17, 15) is 9.59 Å². The maximum Gasteiger partial charge on any atom is 0.338 e. The highest BCUT2D eigenvalue weighted by atomic mass is 16.5. The van der Waals surface area contributed by atoms with Crippen molar-refractivity contribution in [2.24, 2.45) is 0 Å².